The molecule has 0 atom stereocenters. The molecule has 0 spiro atoms. The molecule has 87 valence electrons. The van der Waals surface area contributed by atoms with Crippen molar-refractivity contribution in [1.82, 2.24) is 15.2 Å². The third-order valence-electron chi connectivity index (χ3n) is 2.42. The maximum absolute atomic E-state index is 10.7. The minimum absolute atomic E-state index is 0. The molecule has 0 saturated carbocycles. The van der Waals surface area contributed by atoms with Crippen molar-refractivity contribution in [2.45, 2.75) is 0 Å². The zero-order valence-corrected chi connectivity index (χ0v) is 12.0. The normalized spacial score (nSPS) is 10.2. The van der Waals surface area contributed by atoms with Crippen molar-refractivity contribution in [3.8, 4) is 11.4 Å². The van der Waals surface area contributed by atoms with Gasteiger partial charge in [0.05, 0.1) is 0 Å². The van der Waals surface area contributed by atoms with Crippen LogP contribution in [0.1, 0.15) is 10.5 Å². The molecule has 0 fully saturated rings. The molecule has 6 heteroatoms. The zero-order valence-electron chi connectivity index (χ0n) is 9.19. The second kappa shape index (κ2) is 5.04. The number of aromatic carboxylic acids is 1. The Labute approximate surface area is 127 Å². The molecule has 18 heavy (non-hydrogen) atoms. The molecule has 0 bridgehead atoms. The predicted octanol–water partition coefficient (Wildman–Crippen LogP) is 1.85. The van der Waals surface area contributed by atoms with E-state index in [1.807, 2.05) is 24.3 Å². The van der Waals surface area contributed by atoms with Crippen LogP contribution in [0.15, 0.2) is 24.3 Å². The number of para-hydroxylation sites is 1. The molecule has 3 N–H and O–H groups in total. The third kappa shape index (κ3) is 2.24. The van der Waals surface area contributed by atoms with Gasteiger partial charge in [-0.15, -0.1) is 28.9 Å². The van der Waals surface area contributed by atoms with E-state index in [0.29, 0.717) is 11.4 Å². The first-order chi connectivity index (χ1) is 8.24. The molecule has 2 heterocycles. The molecule has 2 aromatic heterocycles. The number of hydrogen-bond acceptors (Lipinski definition) is 2. The number of benzene rings is 1. The average Bonchev–Trinajstić information content (AvgIpc) is 2.95. The summed E-state index contributed by atoms with van der Waals surface area (Å²) in [6.45, 7) is 0. The van der Waals surface area contributed by atoms with Crippen molar-refractivity contribution in [2.24, 2.45) is 0 Å². The van der Waals surface area contributed by atoms with Crippen molar-refractivity contribution >= 4 is 16.9 Å². The van der Waals surface area contributed by atoms with Gasteiger partial charge in [-0.2, -0.15) is 12.1 Å². The minimum atomic E-state index is -1.11. The summed E-state index contributed by atoms with van der Waals surface area (Å²) in [5.41, 5.74) is 1.93. The van der Waals surface area contributed by atoms with Gasteiger partial charge < -0.3 is 20.0 Å². The van der Waals surface area contributed by atoms with Gasteiger partial charge in [-0.1, -0.05) is 12.1 Å². The fourth-order valence-electron chi connectivity index (χ4n) is 1.63. The summed E-state index contributed by atoms with van der Waals surface area (Å²) in [4.78, 5) is 13.8. The number of rotatable bonds is 2. The number of carboxylic acids is 1. The Kier molecular flexibility index (Phi) is 3.64. The van der Waals surface area contributed by atoms with Crippen LogP contribution in [0, 0.1) is 12.1 Å². The van der Waals surface area contributed by atoms with Crippen molar-refractivity contribution in [3.63, 3.8) is 0 Å². The van der Waals surface area contributed by atoms with Crippen LogP contribution in [0.2, 0.25) is 0 Å². The van der Waals surface area contributed by atoms with E-state index < -0.39 is 5.97 Å². The number of fused-ring (bicyclic) bond motifs is 1. The van der Waals surface area contributed by atoms with E-state index in [1.165, 1.54) is 0 Å². The molecule has 0 aliphatic heterocycles. The third-order valence-corrected chi connectivity index (χ3v) is 2.42. The van der Waals surface area contributed by atoms with E-state index in [9.17, 15) is 4.79 Å². The first kappa shape index (κ1) is 13.0. The molecule has 1 radical (unpaired) electrons. The molecular formula is C12H7N3O2Y-2. The number of carbonyl (C=O) groups is 1. The van der Waals surface area contributed by atoms with Gasteiger partial charge in [-0.25, -0.2) is 5.10 Å². The number of nitrogens with zero attached hydrogens (tertiary/aromatic N) is 1. The van der Waals surface area contributed by atoms with Gasteiger partial charge in [0.2, 0.25) is 5.97 Å². The Morgan fingerprint density at radius 1 is 1.22 bits per heavy atom. The Hall–Kier alpha value is -1.46. The Balaban J connectivity index is 0.00000120. The van der Waals surface area contributed by atoms with Gasteiger partial charge >= 0.3 is 0 Å². The number of carboxylic acid groups (broad SMARTS) is 1. The standard InChI is InChI=1S/C12H7N3O2.Y/c16-12(17)11-6-10(14-15-11)9-5-7-3-1-2-4-8(7)13-9;/h1-4,13H,(H,14,15)(H,16,17);/q-2;. The molecule has 3 aromatic rings. The molecule has 0 amide bonds. The van der Waals surface area contributed by atoms with E-state index in [-0.39, 0.29) is 38.4 Å². The van der Waals surface area contributed by atoms with Gasteiger partial charge in [0, 0.05) is 38.4 Å². The van der Waals surface area contributed by atoms with Gasteiger partial charge in [-0.3, -0.25) is 0 Å². The van der Waals surface area contributed by atoms with E-state index in [2.05, 4.69) is 27.3 Å². The average molecular weight is 314 g/mol. The first-order valence-electron chi connectivity index (χ1n) is 4.95. The summed E-state index contributed by atoms with van der Waals surface area (Å²) in [6, 6.07) is 13.4. The molecule has 0 aliphatic carbocycles. The second-order valence-electron chi connectivity index (χ2n) is 3.55. The Bertz CT molecular complexity index is 669. The van der Waals surface area contributed by atoms with Crippen LogP contribution in [0.3, 0.4) is 0 Å². The maximum Gasteiger partial charge on any atom is 0.248 e. The maximum atomic E-state index is 10.7. The van der Waals surface area contributed by atoms with E-state index in [1.54, 1.807) is 0 Å². The van der Waals surface area contributed by atoms with Crippen LogP contribution in [-0.2, 0) is 32.7 Å². The zero-order chi connectivity index (χ0) is 11.8. The van der Waals surface area contributed by atoms with Crippen LogP contribution < -0.4 is 0 Å². The van der Waals surface area contributed by atoms with Crippen LogP contribution in [-0.4, -0.2) is 26.3 Å². The summed E-state index contributed by atoms with van der Waals surface area (Å²) < 4.78 is 0. The second-order valence-corrected chi connectivity index (χ2v) is 3.55. The fourth-order valence-corrected chi connectivity index (χ4v) is 1.63. The van der Waals surface area contributed by atoms with Gasteiger partial charge in [0.15, 0.2) is 0 Å². The monoisotopic (exact) mass is 314 g/mol. The first-order valence-corrected chi connectivity index (χ1v) is 4.95. The molecule has 3 rings (SSSR count). The number of aromatic amines is 2. The Morgan fingerprint density at radius 2 is 2.00 bits per heavy atom. The van der Waals surface area contributed by atoms with Gasteiger partial charge in [0.1, 0.15) is 0 Å². The summed E-state index contributed by atoms with van der Waals surface area (Å²) >= 11 is 0. The van der Waals surface area contributed by atoms with Crippen LogP contribution in [0.4, 0.5) is 0 Å². The minimum Gasteiger partial charge on any atom is -0.533 e. The largest absolute Gasteiger partial charge is 0.533 e. The van der Waals surface area contributed by atoms with E-state index in [0.717, 1.165) is 10.9 Å². The number of H-pyrrole nitrogens is 2. The van der Waals surface area contributed by atoms with E-state index >= 15 is 0 Å². The SMILES string of the molecule is O=C(O)c1[c-]c(-c2[c-]c3ccccc3[nH]2)[nH]n1.[Y]. The van der Waals surface area contributed by atoms with Crippen LogP contribution in [0.5, 0.6) is 0 Å². The predicted molar refractivity (Wildman–Crippen MR) is 60.5 cm³/mol. The number of hydrogen-bond donors (Lipinski definition) is 3. The topological polar surface area (TPSA) is 81.8 Å². The van der Waals surface area contributed by atoms with Crippen molar-refractivity contribution in [2.75, 3.05) is 0 Å². The molecule has 0 aliphatic rings. The van der Waals surface area contributed by atoms with Crippen molar-refractivity contribution in [3.05, 3.63) is 42.1 Å². The molecule has 1 aromatic carbocycles. The molecule has 0 saturated heterocycles. The number of aromatic nitrogens is 3. The summed E-state index contributed by atoms with van der Waals surface area (Å²) in [6.07, 6.45) is 0. The number of nitrogens with one attached hydrogen (secondary N) is 2. The van der Waals surface area contributed by atoms with Crippen LogP contribution >= 0.6 is 0 Å². The molecule has 5 nitrogen and oxygen atoms in total. The Morgan fingerprint density at radius 3 is 2.67 bits per heavy atom. The van der Waals surface area contributed by atoms with Gasteiger partial charge in [0.25, 0.3) is 0 Å². The van der Waals surface area contributed by atoms with Crippen LogP contribution in [0.25, 0.3) is 22.3 Å². The quantitative estimate of drug-likeness (QED) is 0.631. The smallest absolute Gasteiger partial charge is 0.248 e. The fraction of sp³-hybridized carbons (Fsp3) is 0. The van der Waals surface area contributed by atoms with Crippen molar-refractivity contribution < 1.29 is 42.6 Å². The molecule has 0 unspecified atom stereocenters. The summed E-state index contributed by atoms with van der Waals surface area (Å²) in [7, 11) is 0. The molecular weight excluding hydrogens is 307 g/mol. The van der Waals surface area contributed by atoms with Gasteiger partial charge in [-0.05, 0) is 5.52 Å². The van der Waals surface area contributed by atoms with E-state index in [4.69, 9.17) is 5.11 Å². The van der Waals surface area contributed by atoms with Crippen molar-refractivity contribution in [1.29, 1.82) is 0 Å². The summed E-state index contributed by atoms with van der Waals surface area (Å²) in [5.74, 6) is -1.11. The summed E-state index contributed by atoms with van der Waals surface area (Å²) in [5, 5.41) is 15.9.